The number of urea groups is 1. The predicted molar refractivity (Wildman–Crippen MR) is 152 cm³/mol. The zero-order valence-corrected chi connectivity index (χ0v) is 21.3. The Balaban J connectivity index is 1.37. The molecule has 38 heavy (non-hydrogen) atoms. The monoisotopic (exact) mass is 502 g/mol. The Morgan fingerprint density at radius 2 is 1.34 bits per heavy atom. The summed E-state index contributed by atoms with van der Waals surface area (Å²) in [6.07, 6.45) is 0. The highest BCUT2D eigenvalue weighted by Gasteiger charge is 2.17. The third kappa shape index (κ3) is 6.13. The van der Waals surface area contributed by atoms with Crippen molar-refractivity contribution < 1.29 is 14.3 Å². The van der Waals surface area contributed by atoms with Crippen LogP contribution in [-0.4, -0.2) is 18.0 Å². The number of fused-ring (bicyclic) bond motifs is 1. The molecule has 0 aromatic heterocycles. The predicted octanol–water partition coefficient (Wildman–Crippen LogP) is 7.66. The Morgan fingerprint density at radius 1 is 0.684 bits per heavy atom. The average Bonchev–Trinajstić information content (AvgIpc) is 2.97. The van der Waals surface area contributed by atoms with Crippen LogP contribution in [0.4, 0.5) is 10.5 Å². The van der Waals surface area contributed by atoms with E-state index >= 15 is 0 Å². The van der Waals surface area contributed by atoms with Crippen LogP contribution in [0, 0.1) is 0 Å². The summed E-state index contributed by atoms with van der Waals surface area (Å²) >= 11 is 0. The van der Waals surface area contributed by atoms with E-state index in [4.69, 9.17) is 9.47 Å². The van der Waals surface area contributed by atoms with Crippen LogP contribution in [0.5, 0.6) is 11.5 Å². The summed E-state index contributed by atoms with van der Waals surface area (Å²) in [6.45, 7) is 1.32. The molecule has 0 heterocycles. The normalized spacial score (nSPS) is 10.7. The number of ether oxygens (including phenoxy) is 2. The minimum Gasteiger partial charge on any atom is -0.493 e. The van der Waals surface area contributed by atoms with E-state index in [-0.39, 0.29) is 6.03 Å². The number of rotatable bonds is 9. The van der Waals surface area contributed by atoms with Gasteiger partial charge in [0.25, 0.3) is 0 Å². The largest absolute Gasteiger partial charge is 0.493 e. The lowest BCUT2D eigenvalue weighted by atomic mass is 10.1. The summed E-state index contributed by atoms with van der Waals surface area (Å²) in [7, 11) is 1.63. The second-order valence-corrected chi connectivity index (χ2v) is 9.06. The van der Waals surface area contributed by atoms with Gasteiger partial charge in [-0.05, 0) is 40.3 Å². The lowest BCUT2D eigenvalue weighted by molar-refractivity contribution is 0.206. The SMILES string of the molecule is COc1cc(CN(Cc2ccccc2)C(=O)Nc2cccc3ccccc23)ccc1OCc1ccccc1. The first-order valence-electron chi connectivity index (χ1n) is 12.6. The number of methoxy groups -OCH3 is 1. The molecule has 0 spiro atoms. The number of carbonyl (C=O) groups excluding carboxylic acids is 1. The lowest BCUT2D eigenvalue weighted by Crippen LogP contribution is -2.34. The van der Waals surface area contributed by atoms with E-state index in [1.165, 1.54) is 0 Å². The van der Waals surface area contributed by atoms with E-state index in [2.05, 4.69) is 5.32 Å². The van der Waals surface area contributed by atoms with E-state index in [1.54, 1.807) is 12.0 Å². The molecule has 2 amide bonds. The number of hydrogen-bond acceptors (Lipinski definition) is 3. The topological polar surface area (TPSA) is 50.8 Å². The number of nitrogens with one attached hydrogen (secondary N) is 1. The molecule has 1 N–H and O–H groups in total. The highest BCUT2D eigenvalue weighted by Crippen LogP contribution is 2.30. The Bertz CT molecular complexity index is 1500. The van der Waals surface area contributed by atoms with Gasteiger partial charge in [-0.15, -0.1) is 0 Å². The Morgan fingerprint density at radius 3 is 2.11 bits per heavy atom. The highest BCUT2D eigenvalue weighted by atomic mass is 16.5. The van der Waals surface area contributed by atoms with Gasteiger partial charge < -0.3 is 19.7 Å². The van der Waals surface area contributed by atoms with Crippen LogP contribution in [0.1, 0.15) is 16.7 Å². The van der Waals surface area contributed by atoms with E-state index in [1.807, 2.05) is 121 Å². The van der Waals surface area contributed by atoms with Crippen LogP contribution in [0.3, 0.4) is 0 Å². The van der Waals surface area contributed by atoms with Crippen LogP contribution < -0.4 is 14.8 Å². The van der Waals surface area contributed by atoms with Crippen molar-refractivity contribution in [1.82, 2.24) is 4.90 Å². The summed E-state index contributed by atoms with van der Waals surface area (Å²) in [5.41, 5.74) is 3.86. The van der Waals surface area contributed by atoms with Crippen molar-refractivity contribution in [3.05, 3.63) is 138 Å². The van der Waals surface area contributed by atoms with Gasteiger partial charge >= 0.3 is 6.03 Å². The van der Waals surface area contributed by atoms with Crippen LogP contribution in [-0.2, 0) is 19.7 Å². The third-order valence-corrected chi connectivity index (χ3v) is 6.37. The van der Waals surface area contributed by atoms with Crippen LogP contribution >= 0.6 is 0 Å². The Hall–Kier alpha value is -4.77. The molecule has 0 aliphatic rings. The third-order valence-electron chi connectivity index (χ3n) is 6.37. The summed E-state index contributed by atoms with van der Waals surface area (Å²) < 4.78 is 11.7. The molecule has 5 nitrogen and oxygen atoms in total. The van der Waals surface area contributed by atoms with Gasteiger partial charge in [-0.25, -0.2) is 4.79 Å². The van der Waals surface area contributed by atoms with Gasteiger partial charge in [-0.2, -0.15) is 0 Å². The van der Waals surface area contributed by atoms with E-state index in [0.717, 1.165) is 33.2 Å². The van der Waals surface area contributed by atoms with E-state index in [0.29, 0.717) is 31.2 Å². The maximum atomic E-state index is 13.6. The summed E-state index contributed by atoms with van der Waals surface area (Å²) in [5.74, 6) is 1.29. The van der Waals surface area contributed by atoms with Crippen molar-refractivity contribution in [1.29, 1.82) is 0 Å². The molecule has 0 fully saturated rings. The molecule has 0 saturated heterocycles. The Labute approximate surface area is 223 Å². The summed E-state index contributed by atoms with van der Waals surface area (Å²) in [6, 6.07) is 39.6. The fourth-order valence-corrected chi connectivity index (χ4v) is 4.42. The van der Waals surface area contributed by atoms with Crippen LogP contribution in [0.15, 0.2) is 121 Å². The molecule has 0 aliphatic carbocycles. The number of amides is 2. The second-order valence-electron chi connectivity index (χ2n) is 9.06. The van der Waals surface area contributed by atoms with Crippen molar-refractivity contribution in [2.75, 3.05) is 12.4 Å². The zero-order chi connectivity index (χ0) is 26.2. The number of carbonyl (C=O) groups is 1. The minimum atomic E-state index is -0.173. The smallest absolute Gasteiger partial charge is 0.322 e. The van der Waals surface area contributed by atoms with Crippen molar-refractivity contribution >= 4 is 22.5 Å². The number of anilines is 1. The maximum absolute atomic E-state index is 13.6. The fraction of sp³-hybridized carbons (Fsp3) is 0.121. The van der Waals surface area contributed by atoms with Gasteiger partial charge in [0.05, 0.1) is 12.8 Å². The molecule has 5 aromatic rings. The van der Waals surface area contributed by atoms with Gasteiger partial charge in [0.2, 0.25) is 0 Å². The molecule has 0 atom stereocenters. The van der Waals surface area contributed by atoms with Crippen LogP contribution in [0.25, 0.3) is 10.8 Å². The number of hydrogen-bond donors (Lipinski definition) is 1. The first-order valence-corrected chi connectivity index (χ1v) is 12.6. The summed E-state index contributed by atoms with van der Waals surface area (Å²) in [5, 5.41) is 5.22. The van der Waals surface area contributed by atoms with Gasteiger partial charge in [-0.3, -0.25) is 0 Å². The molecule has 0 bridgehead atoms. The zero-order valence-electron chi connectivity index (χ0n) is 21.3. The molecule has 0 radical (unpaired) electrons. The molecule has 0 unspecified atom stereocenters. The van der Waals surface area contributed by atoms with Gasteiger partial charge in [-0.1, -0.05) is 103 Å². The average molecular weight is 503 g/mol. The van der Waals surface area contributed by atoms with E-state index < -0.39 is 0 Å². The second kappa shape index (κ2) is 12.0. The van der Waals surface area contributed by atoms with Crippen LogP contribution in [0.2, 0.25) is 0 Å². The van der Waals surface area contributed by atoms with Gasteiger partial charge in [0.15, 0.2) is 11.5 Å². The molecular formula is C33H30N2O3. The fourth-order valence-electron chi connectivity index (χ4n) is 4.42. The molecular weight excluding hydrogens is 472 g/mol. The van der Waals surface area contributed by atoms with Crippen molar-refractivity contribution in [3.63, 3.8) is 0 Å². The summed E-state index contributed by atoms with van der Waals surface area (Å²) in [4.78, 5) is 15.4. The van der Waals surface area contributed by atoms with E-state index in [9.17, 15) is 4.79 Å². The minimum absolute atomic E-state index is 0.173. The highest BCUT2D eigenvalue weighted by molar-refractivity contribution is 6.01. The number of benzene rings is 5. The molecule has 5 rings (SSSR count). The Kier molecular flexibility index (Phi) is 7.85. The van der Waals surface area contributed by atoms with Crippen molar-refractivity contribution in [3.8, 4) is 11.5 Å². The van der Waals surface area contributed by atoms with Gasteiger partial charge in [0, 0.05) is 18.5 Å². The lowest BCUT2D eigenvalue weighted by Gasteiger charge is -2.24. The first kappa shape index (κ1) is 24.9. The van der Waals surface area contributed by atoms with Crippen molar-refractivity contribution in [2.45, 2.75) is 19.7 Å². The molecule has 5 aromatic carbocycles. The molecule has 190 valence electrons. The molecule has 0 aliphatic heterocycles. The number of nitrogens with zero attached hydrogens (tertiary/aromatic N) is 1. The standard InChI is InChI=1S/C33H30N2O3/c1-37-32-21-27(19-20-31(32)38-24-26-13-6-3-7-14-26)23-35(22-25-11-4-2-5-12-25)33(36)34-30-18-10-16-28-15-8-9-17-29(28)30/h2-21H,22-24H2,1H3,(H,34,36). The molecule has 0 saturated carbocycles. The quantitative estimate of drug-likeness (QED) is 0.225. The van der Waals surface area contributed by atoms with Gasteiger partial charge in [0.1, 0.15) is 6.61 Å². The first-order chi connectivity index (χ1) is 18.7. The maximum Gasteiger partial charge on any atom is 0.322 e. The molecule has 5 heteroatoms. The van der Waals surface area contributed by atoms with Crippen molar-refractivity contribution in [2.24, 2.45) is 0 Å².